The summed E-state index contributed by atoms with van der Waals surface area (Å²) in [5.41, 5.74) is 1.32. The molecular weight excluding hydrogens is 208 g/mol. The molecule has 1 heterocycles. The van der Waals surface area contributed by atoms with E-state index in [1.54, 1.807) is 24.3 Å². The highest BCUT2D eigenvalue weighted by Crippen LogP contribution is 2.12. The number of hydrogen-bond donors (Lipinski definition) is 0. The zero-order valence-electron chi connectivity index (χ0n) is 8.34. The van der Waals surface area contributed by atoms with Crippen molar-refractivity contribution in [3.05, 3.63) is 35.4 Å². The molecule has 0 bridgehead atoms. The number of imide groups is 1. The van der Waals surface area contributed by atoms with Gasteiger partial charge in [0, 0.05) is 0 Å². The Labute approximate surface area is 91.8 Å². The fourth-order valence-electron chi connectivity index (χ4n) is 1.40. The van der Waals surface area contributed by atoms with Crippen molar-refractivity contribution < 1.29 is 14.3 Å². The number of amides is 2. The molecule has 80 valence electrons. The van der Waals surface area contributed by atoms with Crippen LogP contribution < -0.4 is 0 Å². The molecule has 1 aromatic carbocycles. The first kappa shape index (κ1) is 10.2. The van der Waals surface area contributed by atoms with Gasteiger partial charge in [0.2, 0.25) is 0 Å². The summed E-state index contributed by atoms with van der Waals surface area (Å²) < 4.78 is 4.58. The number of benzene rings is 1. The number of carbonyl (C=O) groups is 2. The van der Waals surface area contributed by atoms with Crippen LogP contribution in [0, 0.1) is 11.3 Å². The Hall–Kier alpha value is -2.35. The van der Waals surface area contributed by atoms with E-state index in [0.29, 0.717) is 5.56 Å². The number of nitrogens with zero attached hydrogens (tertiary/aromatic N) is 2. The highest BCUT2D eigenvalue weighted by molar-refractivity contribution is 5.97. The summed E-state index contributed by atoms with van der Waals surface area (Å²) in [5.74, 6) is -0.339. The number of nitriles is 1. The lowest BCUT2D eigenvalue weighted by Gasteiger charge is -2.10. The van der Waals surface area contributed by atoms with Gasteiger partial charge in [-0.2, -0.15) is 5.26 Å². The number of carbonyl (C=O) groups excluding carboxylic acids is 2. The normalized spacial score (nSPS) is 14.8. The SMILES string of the molecule is N#Cc1ccc(CN2C(=O)COC2=O)cc1. The summed E-state index contributed by atoms with van der Waals surface area (Å²) in [4.78, 5) is 23.4. The Kier molecular flexibility index (Phi) is 2.56. The van der Waals surface area contributed by atoms with E-state index >= 15 is 0 Å². The molecule has 0 saturated carbocycles. The molecule has 16 heavy (non-hydrogen) atoms. The van der Waals surface area contributed by atoms with Gasteiger partial charge in [-0.05, 0) is 17.7 Å². The maximum Gasteiger partial charge on any atom is 0.417 e. The average molecular weight is 216 g/mol. The molecule has 2 rings (SSSR count). The van der Waals surface area contributed by atoms with Crippen molar-refractivity contribution in [2.24, 2.45) is 0 Å². The predicted molar refractivity (Wildman–Crippen MR) is 53.1 cm³/mol. The van der Waals surface area contributed by atoms with E-state index < -0.39 is 6.09 Å². The smallest absolute Gasteiger partial charge is 0.417 e. The third kappa shape index (κ3) is 1.86. The third-order valence-corrected chi connectivity index (χ3v) is 2.26. The van der Waals surface area contributed by atoms with Crippen molar-refractivity contribution in [3.8, 4) is 6.07 Å². The summed E-state index contributed by atoms with van der Waals surface area (Å²) >= 11 is 0. The zero-order chi connectivity index (χ0) is 11.5. The lowest BCUT2D eigenvalue weighted by atomic mass is 10.1. The fourth-order valence-corrected chi connectivity index (χ4v) is 1.40. The van der Waals surface area contributed by atoms with Crippen LogP contribution >= 0.6 is 0 Å². The summed E-state index contributed by atoms with van der Waals surface area (Å²) in [7, 11) is 0. The first-order chi connectivity index (χ1) is 7.70. The van der Waals surface area contributed by atoms with Crippen LogP contribution in [-0.4, -0.2) is 23.5 Å². The first-order valence-electron chi connectivity index (χ1n) is 4.67. The Morgan fingerprint density at radius 2 is 2.00 bits per heavy atom. The van der Waals surface area contributed by atoms with Gasteiger partial charge in [0.15, 0.2) is 6.61 Å². The van der Waals surface area contributed by atoms with Crippen LogP contribution in [0.1, 0.15) is 11.1 Å². The third-order valence-electron chi connectivity index (χ3n) is 2.26. The lowest BCUT2D eigenvalue weighted by Crippen LogP contribution is -2.28. The van der Waals surface area contributed by atoms with Gasteiger partial charge in [-0.3, -0.25) is 4.79 Å². The van der Waals surface area contributed by atoms with Crippen LogP contribution in [0.25, 0.3) is 0 Å². The van der Waals surface area contributed by atoms with Gasteiger partial charge in [-0.25, -0.2) is 9.69 Å². The molecule has 0 spiro atoms. The van der Waals surface area contributed by atoms with E-state index in [4.69, 9.17) is 5.26 Å². The molecule has 1 aromatic rings. The molecule has 2 amide bonds. The van der Waals surface area contributed by atoms with Gasteiger partial charge in [0.1, 0.15) is 0 Å². The Bertz CT molecular complexity index is 457. The van der Waals surface area contributed by atoms with Gasteiger partial charge in [0.25, 0.3) is 5.91 Å². The monoisotopic (exact) mass is 216 g/mol. The van der Waals surface area contributed by atoms with Gasteiger partial charge < -0.3 is 4.74 Å². The standard InChI is InChI=1S/C11H8N2O3/c12-5-8-1-3-9(4-2-8)6-13-10(14)7-16-11(13)15/h1-4H,6-7H2. The van der Waals surface area contributed by atoms with Crippen molar-refractivity contribution in [2.75, 3.05) is 6.61 Å². The summed E-state index contributed by atoms with van der Waals surface area (Å²) in [6, 6.07) is 8.68. The molecule has 0 N–H and O–H groups in total. The predicted octanol–water partition coefficient (Wildman–Crippen LogP) is 1.04. The van der Waals surface area contributed by atoms with Crippen LogP contribution in [0.5, 0.6) is 0 Å². The van der Waals surface area contributed by atoms with Crippen LogP contribution in [0.2, 0.25) is 0 Å². The van der Waals surface area contributed by atoms with Crippen molar-refractivity contribution in [1.82, 2.24) is 4.90 Å². The molecule has 1 aliphatic heterocycles. The van der Waals surface area contributed by atoms with Crippen molar-refractivity contribution in [3.63, 3.8) is 0 Å². The van der Waals surface area contributed by atoms with E-state index in [0.717, 1.165) is 10.5 Å². The zero-order valence-corrected chi connectivity index (χ0v) is 8.34. The molecule has 1 aliphatic rings. The highest BCUT2D eigenvalue weighted by atomic mass is 16.6. The molecule has 1 saturated heterocycles. The minimum absolute atomic E-state index is 0.184. The number of cyclic esters (lactones) is 1. The van der Waals surface area contributed by atoms with Crippen molar-refractivity contribution >= 4 is 12.0 Å². The topological polar surface area (TPSA) is 70.4 Å². The molecule has 0 radical (unpaired) electrons. The molecule has 0 atom stereocenters. The quantitative estimate of drug-likeness (QED) is 0.740. The maximum atomic E-state index is 11.2. The molecule has 0 unspecified atom stereocenters. The Morgan fingerprint density at radius 3 is 2.50 bits per heavy atom. The van der Waals surface area contributed by atoms with Gasteiger partial charge in [-0.1, -0.05) is 12.1 Å². The minimum Gasteiger partial charge on any atom is -0.439 e. The van der Waals surface area contributed by atoms with Gasteiger partial charge >= 0.3 is 6.09 Å². The summed E-state index contributed by atoms with van der Waals surface area (Å²) in [6.45, 7) is -0.00150. The van der Waals surface area contributed by atoms with Crippen LogP contribution in [0.15, 0.2) is 24.3 Å². The number of ether oxygens (including phenoxy) is 1. The van der Waals surface area contributed by atoms with Crippen LogP contribution in [0.4, 0.5) is 4.79 Å². The molecule has 0 aromatic heterocycles. The first-order valence-corrected chi connectivity index (χ1v) is 4.67. The Morgan fingerprint density at radius 1 is 1.31 bits per heavy atom. The van der Waals surface area contributed by atoms with Crippen LogP contribution in [0.3, 0.4) is 0 Å². The number of hydrogen-bond acceptors (Lipinski definition) is 4. The van der Waals surface area contributed by atoms with Gasteiger partial charge in [0.05, 0.1) is 18.2 Å². The summed E-state index contributed by atoms with van der Waals surface area (Å²) in [5, 5.41) is 8.61. The van der Waals surface area contributed by atoms with Gasteiger partial charge in [-0.15, -0.1) is 0 Å². The van der Waals surface area contributed by atoms with Crippen LogP contribution in [-0.2, 0) is 16.1 Å². The largest absolute Gasteiger partial charge is 0.439 e. The minimum atomic E-state index is -0.616. The molecular formula is C11H8N2O3. The van der Waals surface area contributed by atoms with Crippen molar-refractivity contribution in [2.45, 2.75) is 6.54 Å². The average Bonchev–Trinajstić information content (AvgIpc) is 2.62. The van der Waals surface area contributed by atoms with Crippen molar-refractivity contribution in [1.29, 1.82) is 5.26 Å². The second-order valence-electron chi connectivity index (χ2n) is 3.34. The number of rotatable bonds is 2. The van der Waals surface area contributed by atoms with E-state index in [2.05, 4.69) is 4.74 Å². The van der Waals surface area contributed by atoms with E-state index in [-0.39, 0.29) is 19.1 Å². The fraction of sp³-hybridized carbons (Fsp3) is 0.182. The van der Waals surface area contributed by atoms with E-state index in [1.807, 2.05) is 6.07 Å². The summed E-state index contributed by atoms with van der Waals surface area (Å²) in [6.07, 6.45) is -0.616. The molecule has 5 heteroatoms. The Balaban J connectivity index is 2.12. The highest BCUT2D eigenvalue weighted by Gasteiger charge is 2.30. The van der Waals surface area contributed by atoms with E-state index in [1.165, 1.54) is 0 Å². The molecule has 5 nitrogen and oxygen atoms in total. The molecule has 0 aliphatic carbocycles. The lowest BCUT2D eigenvalue weighted by molar-refractivity contribution is -0.126. The second kappa shape index (κ2) is 4.03. The van der Waals surface area contributed by atoms with E-state index in [9.17, 15) is 9.59 Å². The molecule has 1 fully saturated rings. The second-order valence-corrected chi connectivity index (χ2v) is 3.34. The maximum absolute atomic E-state index is 11.2.